The van der Waals surface area contributed by atoms with Gasteiger partial charge in [-0.15, -0.1) is 0 Å². The van der Waals surface area contributed by atoms with Gasteiger partial charge in [-0.25, -0.2) is 4.79 Å². The lowest BCUT2D eigenvalue weighted by atomic mass is 10.3. The van der Waals surface area contributed by atoms with Gasteiger partial charge in [0, 0.05) is 6.07 Å². The average molecular weight is 320 g/mol. The van der Waals surface area contributed by atoms with Crippen LogP contribution in [0.15, 0.2) is 28.6 Å². The minimum absolute atomic E-state index is 0. The van der Waals surface area contributed by atoms with Crippen LogP contribution >= 0.6 is 23.1 Å². The van der Waals surface area contributed by atoms with Crippen LogP contribution < -0.4 is 17.0 Å². The van der Waals surface area contributed by atoms with Crippen LogP contribution in [0.2, 0.25) is 0 Å². The Hall–Kier alpha value is -1.31. The second-order valence-corrected chi connectivity index (χ2v) is 5.75. The van der Waals surface area contributed by atoms with E-state index in [-0.39, 0.29) is 24.7 Å². The van der Waals surface area contributed by atoms with Gasteiger partial charge in [0.15, 0.2) is 0 Å². The number of carbonyl (C=O) groups is 2. The van der Waals surface area contributed by atoms with Gasteiger partial charge < -0.3 is 22.6 Å². The van der Waals surface area contributed by atoms with Crippen molar-refractivity contribution < 1.29 is 36.8 Å². The maximum absolute atomic E-state index is 10.9. The lowest BCUT2D eigenvalue weighted by molar-refractivity contribution is -0.691. The van der Waals surface area contributed by atoms with E-state index in [0.29, 0.717) is 4.34 Å². The Balaban J connectivity index is 0.00000180. The summed E-state index contributed by atoms with van der Waals surface area (Å²) in [5, 5.41) is 17.6. The Morgan fingerprint density at radius 3 is 2.53 bits per heavy atom. The van der Waals surface area contributed by atoms with Gasteiger partial charge in [-0.2, -0.15) is 4.57 Å². The van der Waals surface area contributed by atoms with Crippen molar-refractivity contribution in [1.29, 1.82) is 0 Å². The largest absolute Gasteiger partial charge is 1.00 e. The predicted molar refractivity (Wildman–Crippen MR) is 68.0 cm³/mol. The fourth-order valence-electron chi connectivity index (χ4n) is 1.53. The van der Waals surface area contributed by atoms with Crippen molar-refractivity contribution in [2.75, 3.05) is 5.75 Å². The zero-order valence-corrected chi connectivity index (χ0v) is 12.0. The summed E-state index contributed by atoms with van der Waals surface area (Å²) in [7, 11) is 0. The number of aromatic nitrogens is 1. The van der Waals surface area contributed by atoms with Crippen molar-refractivity contribution in [2.24, 2.45) is 0 Å². The minimum Gasteiger partial charge on any atom is -1.00 e. The van der Waals surface area contributed by atoms with E-state index in [0.717, 1.165) is 22.0 Å². The Bertz CT molecular complexity index is 614. The molecular weight excluding hydrogens is 310 g/mol. The Labute approximate surface area is 123 Å². The molecule has 0 atom stereocenters. The minimum atomic E-state index is -0.944. The van der Waals surface area contributed by atoms with Gasteiger partial charge in [0.1, 0.15) is 10.5 Å². The fraction of sp³-hybridized carbons (Fsp3) is 0.182. The summed E-state index contributed by atoms with van der Waals surface area (Å²) >= 11 is 2.55. The number of carboxylic acids is 2. The third-order valence-corrected chi connectivity index (χ3v) is 4.61. The van der Waals surface area contributed by atoms with Gasteiger partial charge >= 0.3 is 11.9 Å². The molecule has 0 fully saturated rings. The molecule has 102 valence electrons. The highest BCUT2D eigenvalue weighted by Crippen LogP contribution is 2.27. The highest BCUT2D eigenvalue weighted by Gasteiger charge is 2.23. The number of thiazole rings is 1. The number of benzene rings is 1. The van der Waals surface area contributed by atoms with E-state index in [9.17, 15) is 9.59 Å². The molecule has 0 aliphatic carbocycles. The Morgan fingerprint density at radius 1 is 1.21 bits per heavy atom. The van der Waals surface area contributed by atoms with Crippen LogP contribution in [0.5, 0.6) is 0 Å². The average Bonchev–Trinajstić information content (AvgIpc) is 2.64. The Morgan fingerprint density at radius 2 is 1.89 bits per heavy atom. The Kier molecular flexibility index (Phi) is 5.59. The van der Waals surface area contributed by atoms with Crippen molar-refractivity contribution >= 4 is 45.3 Å². The third kappa shape index (κ3) is 3.82. The maximum Gasteiger partial charge on any atom is 0.370 e. The van der Waals surface area contributed by atoms with Crippen molar-refractivity contribution in [1.82, 2.24) is 0 Å². The smallest absolute Gasteiger partial charge is 0.370 e. The number of hydrogen-bond donors (Lipinski definition) is 2. The van der Waals surface area contributed by atoms with E-state index in [1.165, 1.54) is 11.3 Å². The van der Waals surface area contributed by atoms with E-state index in [2.05, 4.69) is 0 Å². The molecule has 0 aliphatic heterocycles. The molecule has 0 aliphatic rings. The standard InChI is InChI=1S/C11H9NO4S2.ClH/c13-9(14)5-12-7-3-1-2-4-8(7)18-11(12)17-6-10(15)16;/h1-4H,5-6H2,(H-,13,14,15,16);1H. The molecule has 1 heterocycles. The number of para-hydroxylation sites is 1. The molecule has 2 N–H and O–H groups in total. The van der Waals surface area contributed by atoms with Crippen molar-refractivity contribution in [3.8, 4) is 0 Å². The van der Waals surface area contributed by atoms with E-state index < -0.39 is 11.9 Å². The second-order valence-electron chi connectivity index (χ2n) is 3.50. The number of halogens is 1. The van der Waals surface area contributed by atoms with Crippen LogP contribution in [-0.4, -0.2) is 27.9 Å². The van der Waals surface area contributed by atoms with Crippen LogP contribution in [0.1, 0.15) is 0 Å². The van der Waals surface area contributed by atoms with Gasteiger partial charge in [0.25, 0.3) is 4.34 Å². The van der Waals surface area contributed by atoms with Gasteiger partial charge in [0.2, 0.25) is 12.1 Å². The fourth-order valence-corrected chi connectivity index (χ4v) is 3.67. The van der Waals surface area contributed by atoms with Crippen LogP contribution in [0, 0.1) is 0 Å². The van der Waals surface area contributed by atoms with Gasteiger partial charge in [-0.05, 0) is 17.8 Å². The van der Waals surface area contributed by atoms with Gasteiger partial charge in [-0.1, -0.05) is 23.5 Å². The summed E-state index contributed by atoms with van der Waals surface area (Å²) in [6.45, 7) is -0.161. The van der Waals surface area contributed by atoms with Crippen molar-refractivity contribution in [2.45, 2.75) is 10.9 Å². The molecule has 2 rings (SSSR count). The summed E-state index contributed by atoms with van der Waals surface area (Å²) in [5.74, 6) is -1.94. The highest BCUT2D eigenvalue weighted by molar-refractivity contribution is 8.01. The number of nitrogens with zero attached hydrogens (tertiary/aromatic N) is 1. The zero-order chi connectivity index (χ0) is 13.1. The van der Waals surface area contributed by atoms with Crippen LogP contribution in [0.25, 0.3) is 10.2 Å². The van der Waals surface area contributed by atoms with Crippen LogP contribution in [-0.2, 0) is 16.1 Å². The SMILES string of the molecule is O=C(O)CSc1sc2ccccc2[n+]1CC(=O)O.[Cl-]. The first-order chi connectivity index (χ1) is 8.58. The quantitative estimate of drug-likeness (QED) is 0.515. The summed E-state index contributed by atoms with van der Waals surface area (Å²) in [6.07, 6.45) is 0. The third-order valence-electron chi connectivity index (χ3n) is 2.19. The van der Waals surface area contributed by atoms with E-state index >= 15 is 0 Å². The molecule has 2 aromatic rings. The number of aliphatic carboxylic acids is 2. The summed E-state index contributed by atoms with van der Waals surface area (Å²) < 4.78 is 3.28. The molecular formula is C11H10ClNO4S2. The van der Waals surface area contributed by atoms with Gasteiger partial charge in [-0.3, -0.25) is 4.79 Å². The number of thioether (sulfide) groups is 1. The monoisotopic (exact) mass is 319 g/mol. The molecule has 0 radical (unpaired) electrons. The first-order valence-corrected chi connectivity index (χ1v) is 6.86. The summed E-state index contributed by atoms with van der Waals surface area (Å²) in [5.41, 5.74) is 0.817. The number of hydrogen-bond acceptors (Lipinski definition) is 4. The lowest BCUT2D eigenvalue weighted by Crippen LogP contribution is -3.00. The molecule has 8 heteroatoms. The first-order valence-electron chi connectivity index (χ1n) is 5.05. The zero-order valence-electron chi connectivity index (χ0n) is 9.58. The normalized spacial score (nSPS) is 10.1. The van der Waals surface area contributed by atoms with E-state index in [1.807, 2.05) is 24.3 Å². The van der Waals surface area contributed by atoms with Gasteiger partial charge in [0.05, 0.1) is 0 Å². The maximum atomic E-state index is 10.9. The molecule has 1 aromatic carbocycles. The molecule has 1 aromatic heterocycles. The number of carboxylic acid groups (broad SMARTS) is 2. The number of fused-ring (bicyclic) bond motifs is 1. The first kappa shape index (κ1) is 15.7. The number of rotatable bonds is 5. The molecule has 0 unspecified atom stereocenters. The molecule has 0 spiro atoms. The summed E-state index contributed by atoms with van der Waals surface area (Å²) in [4.78, 5) is 21.4. The van der Waals surface area contributed by atoms with E-state index in [4.69, 9.17) is 10.2 Å². The summed E-state index contributed by atoms with van der Waals surface area (Å²) in [6, 6.07) is 7.43. The lowest BCUT2D eigenvalue weighted by Gasteiger charge is -1.94. The predicted octanol–water partition coefficient (Wildman–Crippen LogP) is -1.55. The highest BCUT2D eigenvalue weighted by atomic mass is 35.5. The molecule has 0 amide bonds. The molecule has 0 bridgehead atoms. The molecule has 5 nitrogen and oxygen atoms in total. The second kappa shape index (κ2) is 6.74. The molecule has 0 saturated heterocycles. The topological polar surface area (TPSA) is 78.5 Å². The molecule has 19 heavy (non-hydrogen) atoms. The van der Waals surface area contributed by atoms with Crippen molar-refractivity contribution in [3.05, 3.63) is 24.3 Å². The van der Waals surface area contributed by atoms with Crippen LogP contribution in [0.4, 0.5) is 0 Å². The molecule has 0 saturated carbocycles. The van der Waals surface area contributed by atoms with E-state index in [1.54, 1.807) is 4.57 Å². The van der Waals surface area contributed by atoms with Crippen LogP contribution in [0.3, 0.4) is 0 Å². The van der Waals surface area contributed by atoms with Crippen molar-refractivity contribution in [3.63, 3.8) is 0 Å².